The second-order valence-electron chi connectivity index (χ2n) is 5.65. The minimum atomic E-state index is -0.683. The molecule has 0 amide bonds. The molecule has 3 heteroatoms. The number of hydrogen-bond acceptors (Lipinski definition) is 2. The normalized spacial score (nSPS) is 12.3. The van der Waals surface area contributed by atoms with Crippen LogP contribution in [0, 0.1) is 13.8 Å². The molecule has 3 nitrogen and oxygen atoms in total. The average Bonchev–Trinajstić information content (AvgIpc) is 2.99. The highest BCUT2D eigenvalue weighted by molar-refractivity contribution is 5.37. The number of benzene rings is 2. The first-order valence-corrected chi connectivity index (χ1v) is 7.45. The van der Waals surface area contributed by atoms with Crippen LogP contribution >= 0.6 is 0 Å². The molecule has 3 aromatic rings. The monoisotopic (exact) mass is 292 g/mol. The van der Waals surface area contributed by atoms with Crippen LogP contribution in [0.5, 0.6) is 0 Å². The number of nitrogens with zero attached hydrogens (tertiary/aromatic N) is 2. The van der Waals surface area contributed by atoms with Gasteiger partial charge in [-0.05, 0) is 36.1 Å². The molecule has 0 bridgehead atoms. The Bertz CT molecular complexity index is 762. The van der Waals surface area contributed by atoms with Crippen LogP contribution in [-0.4, -0.2) is 14.7 Å². The van der Waals surface area contributed by atoms with E-state index in [1.807, 2.05) is 48.0 Å². The van der Waals surface area contributed by atoms with Crippen LogP contribution in [0.1, 0.15) is 34.1 Å². The standard InChI is InChI=1S/C19H20N2O/c1-14-7-6-10-17(15(14)2)19(22)18-12-21(13-20-18)11-16-8-4-3-5-9-16/h3-10,12-13,19,22H,11H2,1-2H3. The molecule has 0 aliphatic carbocycles. The summed E-state index contributed by atoms with van der Waals surface area (Å²) in [5.41, 5.74) is 5.12. The number of aliphatic hydroxyl groups is 1. The fraction of sp³-hybridized carbons (Fsp3) is 0.211. The van der Waals surface area contributed by atoms with Crippen LogP contribution in [-0.2, 0) is 6.54 Å². The lowest BCUT2D eigenvalue weighted by Crippen LogP contribution is -2.03. The van der Waals surface area contributed by atoms with E-state index in [1.165, 1.54) is 11.1 Å². The molecule has 1 atom stereocenters. The number of aliphatic hydroxyl groups excluding tert-OH is 1. The van der Waals surface area contributed by atoms with Gasteiger partial charge in [0.15, 0.2) is 0 Å². The Labute approximate surface area is 130 Å². The first kappa shape index (κ1) is 14.5. The van der Waals surface area contributed by atoms with Gasteiger partial charge < -0.3 is 9.67 Å². The topological polar surface area (TPSA) is 38.0 Å². The number of aromatic nitrogens is 2. The van der Waals surface area contributed by atoms with Crippen molar-refractivity contribution in [3.63, 3.8) is 0 Å². The van der Waals surface area contributed by atoms with E-state index in [0.717, 1.165) is 17.7 Å². The fourth-order valence-electron chi connectivity index (χ4n) is 2.63. The van der Waals surface area contributed by atoms with Gasteiger partial charge in [0.1, 0.15) is 6.10 Å². The molecule has 112 valence electrons. The number of rotatable bonds is 4. The summed E-state index contributed by atoms with van der Waals surface area (Å²) in [6.45, 7) is 4.85. The predicted octanol–water partition coefficient (Wildman–Crippen LogP) is 3.63. The summed E-state index contributed by atoms with van der Waals surface area (Å²) < 4.78 is 2.00. The van der Waals surface area contributed by atoms with Crippen LogP contribution in [0.3, 0.4) is 0 Å². The Morgan fingerprint density at radius 1 is 1.05 bits per heavy atom. The summed E-state index contributed by atoms with van der Waals surface area (Å²) in [7, 11) is 0. The van der Waals surface area contributed by atoms with E-state index in [1.54, 1.807) is 6.33 Å². The minimum Gasteiger partial charge on any atom is -0.382 e. The molecular weight excluding hydrogens is 272 g/mol. The zero-order chi connectivity index (χ0) is 15.5. The van der Waals surface area contributed by atoms with Gasteiger partial charge >= 0.3 is 0 Å². The third-order valence-corrected chi connectivity index (χ3v) is 4.08. The molecule has 0 saturated heterocycles. The van der Waals surface area contributed by atoms with Crippen LogP contribution in [0.15, 0.2) is 61.1 Å². The van der Waals surface area contributed by atoms with E-state index in [0.29, 0.717) is 5.69 Å². The van der Waals surface area contributed by atoms with Crippen molar-refractivity contribution in [1.82, 2.24) is 9.55 Å². The highest BCUT2D eigenvalue weighted by Gasteiger charge is 2.16. The Morgan fingerprint density at radius 3 is 2.59 bits per heavy atom. The van der Waals surface area contributed by atoms with Crippen molar-refractivity contribution in [1.29, 1.82) is 0 Å². The lowest BCUT2D eigenvalue weighted by Gasteiger charge is -2.13. The molecule has 0 aliphatic heterocycles. The van der Waals surface area contributed by atoms with Crippen LogP contribution in [0.2, 0.25) is 0 Å². The Hall–Kier alpha value is -2.39. The highest BCUT2D eigenvalue weighted by atomic mass is 16.3. The van der Waals surface area contributed by atoms with E-state index in [4.69, 9.17) is 0 Å². The van der Waals surface area contributed by atoms with Crippen LogP contribution < -0.4 is 0 Å². The maximum absolute atomic E-state index is 10.6. The molecule has 1 unspecified atom stereocenters. The summed E-state index contributed by atoms with van der Waals surface area (Å²) in [5.74, 6) is 0. The van der Waals surface area contributed by atoms with Crippen LogP contribution in [0.25, 0.3) is 0 Å². The molecule has 0 radical (unpaired) electrons. The van der Waals surface area contributed by atoms with E-state index in [-0.39, 0.29) is 0 Å². The molecular formula is C19H20N2O. The fourth-order valence-corrected chi connectivity index (χ4v) is 2.63. The van der Waals surface area contributed by atoms with Gasteiger partial charge in [0.25, 0.3) is 0 Å². The van der Waals surface area contributed by atoms with Gasteiger partial charge in [0, 0.05) is 12.7 Å². The largest absolute Gasteiger partial charge is 0.382 e. The summed E-state index contributed by atoms with van der Waals surface area (Å²) in [6.07, 6.45) is 3.01. The quantitative estimate of drug-likeness (QED) is 0.797. The minimum absolute atomic E-state index is 0.683. The number of aryl methyl sites for hydroxylation is 1. The maximum Gasteiger partial charge on any atom is 0.123 e. The SMILES string of the molecule is Cc1cccc(C(O)c2cn(Cc3ccccc3)cn2)c1C. The predicted molar refractivity (Wildman–Crippen MR) is 87.7 cm³/mol. The maximum atomic E-state index is 10.6. The van der Waals surface area contributed by atoms with Crippen LogP contribution in [0.4, 0.5) is 0 Å². The van der Waals surface area contributed by atoms with Crippen molar-refractivity contribution in [2.75, 3.05) is 0 Å². The van der Waals surface area contributed by atoms with Gasteiger partial charge in [-0.2, -0.15) is 0 Å². The Balaban J connectivity index is 1.82. The third kappa shape index (κ3) is 2.95. The van der Waals surface area contributed by atoms with Crippen molar-refractivity contribution >= 4 is 0 Å². The smallest absolute Gasteiger partial charge is 0.123 e. The molecule has 1 aromatic heterocycles. The average molecular weight is 292 g/mol. The zero-order valence-electron chi connectivity index (χ0n) is 12.9. The molecule has 0 fully saturated rings. The molecule has 1 heterocycles. The summed E-state index contributed by atoms with van der Waals surface area (Å²) in [5, 5.41) is 10.6. The first-order chi connectivity index (χ1) is 10.6. The van der Waals surface area contributed by atoms with Crippen molar-refractivity contribution < 1.29 is 5.11 Å². The van der Waals surface area contributed by atoms with Gasteiger partial charge in [0.2, 0.25) is 0 Å². The Kier molecular flexibility index (Phi) is 4.07. The Morgan fingerprint density at radius 2 is 1.82 bits per heavy atom. The molecule has 22 heavy (non-hydrogen) atoms. The summed E-state index contributed by atoms with van der Waals surface area (Å²) >= 11 is 0. The summed E-state index contributed by atoms with van der Waals surface area (Å²) in [6, 6.07) is 16.2. The molecule has 1 N–H and O–H groups in total. The first-order valence-electron chi connectivity index (χ1n) is 7.45. The van der Waals surface area contributed by atoms with Crippen molar-refractivity contribution in [2.24, 2.45) is 0 Å². The van der Waals surface area contributed by atoms with Crippen molar-refractivity contribution in [3.05, 3.63) is 89.0 Å². The molecule has 0 spiro atoms. The molecule has 2 aromatic carbocycles. The van der Waals surface area contributed by atoms with Gasteiger partial charge in [-0.15, -0.1) is 0 Å². The lowest BCUT2D eigenvalue weighted by atomic mass is 9.98. The third-order valence-electron chi connectivity index (χ3n) is 4.08. The second-order valence-corrected chi connectivity index (χ2v) is 5.65. The van der Waals surface area contributed by atoms with E-state index < -0.39 is 6.10 Å². The highest BCUT2D eigenvalue weighted by Crippen LogP contribution is 2.25. The second kappa shape index (κ2) is 6.16. The summed E-state index contributed by atoms with van der Waals surface area (Å²) in [4.78, 5) is 4.37. The van der Waals surface area contributed by atoms with Gasteiger partial charge in [0.05, 0.1) is 12.0 Å². The van der Waals surface area contributed by atoms with Gasteiger partial charge in [-0.1, -0.05) is 48.5 Å². The lowest BCUT2D eigenvalue weighted by molar-refractivity contribution is 0.215. The van der Waals surface area contributed by atoms with Gasteiger partial charge in [-0.25, -0.2) is 4.98 Å². The molecule has 0 saturated carbocycles. The van der Waals surface area contributed by atoms with E-state index >= 15 is 0 Å². The molecule has 3 rings (SSSR count). The number of imidazole rings is 1. The van der Waals surface area contributed by atoms with E-state index in [9.17, 15) is 5.11 Å². The van der Waals surface area contributed by atoms with Gasteiger partial charge in [-0.3, -0.25) is 0 Å². The van der Waals surface area contributed by atoms with Crippen molar-refractivity contribution in [2.45, 2.75) is 26.5 Å². The molecule has 0 aliphatic rings. The van der Waals surface area contributed by atoms with Crippen molar-refractivity contribution in [3.8, 4) is 0 Å². The van der Waals surface area contributed by atoms with E-state index in [2.05, 4.69) is 30.1 Å². The number of hydrogen-bond donors (Lipinski definition) is 1. The zero-order valence-corrected chi connectivity index (χ0v) is 12.9.